The van der Waals surface area contributed by atoms with Crippen LogP contribution in [0, 0.1) is 12.7 Å². The molecule has 0 spiro atoms. The fraction of sp³-hybridized carbons (Fsp3) is 0.250. The van der Waals surface area contributed by atoms with E-state index in [1.54, 1.807) is 6.20 Å². The summed E-state index contributed by atoms with van der Waals surface area (Å²) in [5.74, 6) is -0.154. The van der Waals surface area contributed by atoms with Gasteiger partial charge in [0.05, 0.1) is 12.2 Å². The minimum atomic E-state index is -0.447. The van der Waals surface area contributed by atoms with Gasteiger partial charge in [0.2, 0.25) is 0 Å². The van der Waals surface area contributed by atoms with Gasteiger partial charge in [0.25, 0.3) is 0 Å². The second-order valence-corrected chi connectivity index (χ2v) is 5.26. The lowest BCUT2D eigenvalue weighted by molar-refractivity contribution is 0.249. The molecule has 0 aliphatic heterocycles. The highest BCUT2D eigenvalue weighted by molar-refractivity contribution is 7.11. The Bertz CT molecular complexity index is 569. The number of carbonyl (C=O) groups excluding carboxylic acids is 1. The molecule has 0 aliphatic rings. The molecule has 2 N–H and O–H groups in total. The van der Waals surface area contributed by atoms with Crippen molar-refractivity contribution in [2.75, 3.05) is 5.32 Å². The highest BCUT2D eigenvalue weighted by Crippen LogP contribution is 2.18. The summed E-state index contributed by atoms with van der Waals surface area (Å²) in [5.41, 5.74) is 0. The van der Waals surface area contributed by atoms with Crippen LogP contribution in [0.25, 0.3) is 0 Å². The largest absolute Gasteiger partial charge is 0.329 e. The van der Waals surface area contributed by atoms with Crippen LogP contribution in [-0.2, 0) is 0 Å². The zero-order valence-corrected chi connectivity index (χ0v) is 11.3. The standard InChI is InChI=1S/C12H13FN4OS/c1-7-5-15-11(19-7)8(2)16-12(18)17-10-4-3-9(13)6-14-10/h3-6,8H,1-2H3,(H2,14,16,17,18)/t8-/m1/s1. The van der Waals surface area contributed by atoms with Crippen LogP contribution in [0.4, 0.5) is 15.0 Å². The average Bonchev–Trinajstić information content (AvgIpc) is 2.79. The molecule has 2 rings (SSSR count). The van der Waals surface area contributed by atoms with E-state index >= 15 is 0 Å². The Morgan fingerprint density at radius 1 is 1.37 bits per heavy atom. The van der Waals surface area contributed by atoms with Gasteiger partial charge < -0.3 is 5.32 Å². The summed E-state index contributed by atoms with van der Waals surface area (Å²) in [6.07, 6.45) is 2.81. The molecule has 0 fully saturated rings. The molecule has 19 heavy (non-hydrogen) atoms. The first kappa shape index (κ1) is 13.4. The van der Waals surface area contributed by atoms with Crippen LogP contribution in [0.15, 0.2) is 24.5 Å². The molecule has 5 nitrogen and oxygen atoms in total. The predicted octanol–water partition coefficient (Wildman–Crippen LogP) is 2.87. The third kappa shape index (κ3) is 3.72. The Morgan fingerprint density at radius 2 is 2.16 bits per heavy atom. The van der Waals surface area contributed by atoms with Crippen molar-refractivity contribution in [2.45, 2.75) is 19.9 Å². The van der Waals surface area contributed by atoms with Crippen LogP contribution in [0.1, 0.15) is 22.9 Å². The molecule has 0 saturated carbocycles. The number of hydrogen-bond donors (Lipinski definition) is 2. The number of rotatable bonds is 3. The Morgan fingerprint density at radius 3 is 2.74 bits per heavy atom. The van der Waals surface area contributed by atoms with Gasteiger partial charge in [-0.15, -0.1) is 11.3 Å². The fourth-order valence-corrected chi connectivity index (χ4v) is 2.21. The smallest absolute Gasteiger partial charge is 0.320 e. The molecule has 1 atom stereocenters. The lowest BCUT2D eigenvalue weighted by Crippen LogP contribution is -2.31. The van der Waals surface area contributed by atoms with Gasteiger partial charge >= 0.3 is 6.03 Å². The van der Waals surface area contributed by atoms with Crippen molar-refractivity contribution in [3.05, 3.63) is 40.2 Å². The quantitative estimate of drug-likeness (QED) is 0.908. The van der Waals surface area contributed by atoms with E-state index in [1.807, 2.05) is 13.8 Å². The van der Waals surface area contributed by atoms with Crippen molar-refractivity contribution in [2.24, 2.45) is 0 Å². The van der Waals surface area contributed by atoms with Crippen molar-refractivity contribution < 1.29 is 9.18 Å². The topological polar surface area (TPSA) is 66.9 Å². The average molecular weight is 280 g/mol. The number of nitrogens with zero attached hydrogens (tertiary/aromatic N) is 2. The Balaban J connectivity index is 1.92. The molecule has 2 amide bonds. The predicted molar refractivity (Wildman–Crippen MR) is 71.6 cm³/mol. The minimum absolute atomic E-state index is 0.195. The second-order valence-electron chi connectivity index (χ2n) is 3.99. The first-order valence-electron chi connectivity index (χ1n) is 5.66. The summed E-state index contributed by atoms with van der Waals surface area (Å²) in [7, 11) is 0. The minimum Gasteiger partial charge on any atom is -0.329 e. The molecule has 7 heteroatoms. The van der Waals surface area contributed by atoms with Crippen molar-refractivity contribution in [1.29, 1.82) is 0 Å². The van der Waals surface area contributed by atoms with Crippen molar-refractivity contribution >= 4 is 23.2 Å². The van der Waals surface area contributed by atoms with Crippen molar-refractivity contribution in [3.8, 4) is 0 Å². The van der Waals surface area contributed by atoms with Gasteiger partial charge in [-0.25, -0.2) is 19.2 Å². The number of urea groups is 1. The number of aromatic nitrogens is 2. The Kier molecular flexibility index (Phi) is 4.06. The van der Waals surface area contributed by atoms with Crippen molar-refractivity contribution in [3.63, 3.8) is 0 Å². The van der Waals surface area contributed by atoms with E-state index < -0.39 is 11.8 Å². The van der Waals surface area contributed by atoms with Gasteiger partial charge in [0.1, 0.15) is 16.6 Å². The molecular weight excluding hydrogens is 267 g/mol. The van der Waals surface area contributed by atoms with Gasteiger partial charge in [-0.1, -0.05) is 0 Å². The highest BCUT2D eigenvalue weighted by Gasteiger charge is 2.12. The normalized spacial score (nSPS) is 11.9. The van der Waals surface area contributed by atoms with E-state index in [1.165, 1.54) is 23.5 Å². The Labute approximate surface area is 113 Å². The maximum absolute atomic E-state index is 12.7. The third-order valence-corrected chi connectivity index (χ3v) is 3.42. The number of pyridine rings is 1. The number of anilines is 1. The fourth-order valence-electron chi connectivity index (χ4n) is 1.43. The summed E-state index contributed by atoms with van der Waals surface area (Å²) >= 11 is 1.53. The number of hydrogen-bond acceptors (Lipinski definition) is 4. The molecule has 0 radical (unpaired) electrons. The highest BCUT2D eigenvalue weighted by atomic mass is 32.1. The van der Waals surface area contributed by atoms with Gasteiger partial charge in [-0.3, -0.25) is 5.32 Å². The van der Waals surface area contributed by atoms with Gasteiger partial charge in [0, 0.05) is 11.1 Å². The lowest BCUT2D eigenvalue weighted by Gasteiger charge is -2.11. The molecule has 2 aromatic rings. The summed E-state index contributed by atoms with van der Waals surface area (Å²) in [4.78, 5) is 20.7. The molecule has 2 aromatic heterocycles. The summed E-state index contributed by atoms with van der Waals surface area (Å²) in [6.45, 7) is 3.80. The van der Waals surface area contributed by atoms with Crippen molar-refractivity contribution in [1.82, 2.24) is 15.3 Å². The molecule has 2 heterocycles. The summed E-state index contributed by atoms with van der Waals surface area (Å²) in [5, 5.41) is 6.10. The number of halogens is 1. The van der Waals surface area contributed by atoms with E-state index in [9.17, 15) is 9.18 Å². The molecule has 0 aliphatic carbocycles. The zero-order valence-electron chi connectivity index (χ0n) is 10.5. The molecule has 0 aromatic carbocycles. The molecule has 0 saturated heterocycles. The van der Waals surface area contributed by atoms with Crippen LogP contribution in [0.2, 0.25) is 0 Å². The first-order chi connectivity index (χ1) is 9.04. The van der Waals surface area contributed by atoms with Gasteiger partial charge in [-0.05, 0) is 26.0 Å². The number of amides is 2. The Hall–Kier alpha value is -2.02. The van der Waals surface area contributed by atoms with E-state index in [2.05, 4.69) is 20.6 Å². The number of nitrogens with one attached hydrogen (secondary N) is 2. The van der Waals surface area contributed by atoms with Crippen LogP contribution in [-0.4, -0.2) is 16.0 Å². The molecule has 100 valence electrons. The monoisotopic (exact) mass is 280 g/mol. The van der Waals surface area contributed by atoms with E-state index in [0.29, 0.717) is 5.82 Å². The third-order valence-electron chi connectivity index (χ3n) is 2.33. The maximum Gasteiger partial charge on any atom is 0.320 e. The number of thiazole rings is 1. The molecule has 0 bridgehead atoms. The van der Waals surface area contributed by atoms with Crippen LogP contribution in [0.3, 0.4) is 0 Å². The van der Waals surface area contributed by atoms with Crippen LogP contribution < -0.4 is 10.6 Å². The van der Waals surface area contributed by atoms with Gasteiger partial charge in [0.15, 0.2) is 0 Å². The van der Waals surface area contributed by atoms with E-state index in [0.717, 1.165) is 16.1 Å². The SMILES string of the molecule is Cc1cnc([C@@H](C)NC(=O)Nc2ccc(F)cn2)s1. The lowest BCUT2D eigenvalue weighted by atomic mass is 10.3. The first-order valence-corrected chi connectivity index (χ1v) is 6.47. The zero-order chi connectivity index (χ0) is 13.8. The van der Waals surface area contributed by atoms with E-state index in [-0.39, 0.29) is 6.04 Å². The molecular formula is C12H13FN4OS. The summed E-state index contributed by atoms with van der Waals surface area (Å²) < 4.78 is 12.7. The van der Waals surface area contributed by atoms with Crippen LogP contribution >= 0.6 is 11.3 Å². The number of aryl methyl sites for hydroxylation is 1. The summed E-state index contributed by atoms with van der Waals surface area (Å²) in [6, 6.07) is 2.03. The van der Waals surface area contributed by atoms with E-state index in [4.69, 9.17) is 0 Å². The second kappa shape index (κ2) is 5.75. The van der Waals surface area contributed by atoms with Gasteiger partial charge in [-0.2, -0.15) is 0 Å². The number of carbonyl (C=O) groups is 1. The maximum atomic E-state index is 12.7. The molecule has 0 unspecified atom stereocenters. The van der Waals surface area contributed by atoms with Crippen LogP contribution in [0.5, 0.6) is 0 Å².